The molecule has 12 rings (SSSR count). The highest BCUT2D eigenvalue weighted by Crippen LogP contribution is 2.46. The summed E-state index contributed by atoms with van der Waals surface area (Å²) >= 11 is 0. The van der Waals surface area contributed by atoms with Crippen molar-refractivity contribution < 1.29 is 0 Å². The molecule has 0 spiro atoms. The molecular weight excluding hydrogens is 773 g/mol. The van der Waals surface area contributed by atoms with Crippen molar-refractivity contribution in [1.29, 1.82) is 0 Å². The first-order valence-corrected chi connectivity index (χ1v) is 22.0. The van der Waals surface area contributed by atoms with Crippen LogP contribution in [0.4, 0.5) is 17.1 Å². The molecule has 2 nitrogen and oxygen atoms in total. The first-order chi connectivity index (χ1) is 31.7. The molecule has 1 heterocycles. The molecule has 12 aromatic rings. The van der Waals surface area contributed by atoms with Crippen LogP contribution in [0.2, 0.25) is 0 Å². The van der Waals surface area contributed by atoms with Gasteiger partial charge in [0, 0.05) is 33.3 Å². The molecule has 0 N–H and O–H groups in total. The van der Waals surface area contributed by atoms with Crippen LogP contribution < -0.4 is 4.90 Å². The largest absolute Gasteiger partial charge is 0.309 e. The van der Waals surface area contributed by atoms with Crippen LogP contribution in [-0.4, -0.2) is 4.57 Å². The number of hydrogen-bond donors (Lipinski definition) is 0. The van der Waals surface area contributed by atoms with Crippen LogP contribution in [0.1, 0.15) is 0 Å². The van der Waals surface area contributed by atoms with Crippen LogP contribution in [0.5, 0.6) is 0 Å². The first-order valence-electron chi connectivity index (χ1n) is 22.0. The van der Waals surface area contributed by atoms with Gasteiger partial charge in [0.2, 0.25) is 0 Å². The lowest BCUT2D eigenvalue weighted by atomic mass is 9.96. The zero-order valence-electron chi connectivity index (χ0n) is 35.1. The third-order valence-electron chi connectivity index (χ3n) is 12.8. The number of rotatable bonds is 8. The molecule has 0 unspecified atom stereocenters. The molecular formula is C62H42N2. The van der Waals surface area contributed by atoms with Gasteiger partial charge < -0.3 is 9.47 Å². The van der Waals surface area contributed by atoms with Crippen molar-refractivity contribution in [2.24, 2.45) is 0 Å². The van der Waals surface area contributed by atoms with Gasteiger partial charge in [0.1, 0.15) is 0 Å². The second-order valence-corrected chi connectivity index (χ2v) is 16.5. The molecule has 0 fully saturated rings. The molecule has 1 aromatic heterocycles. The second-order valence-electron chi connectivity index (χ2n) is 16.5. The van der Waals surface area contributed by atoms with E-state index in [4.69, 9.17) is 0 Å². The summed E-state index contributed by atoms with van der Waals surface area (Å²) in [6.45, 7) is 0. The van der Waals surface area contributed by atoms with Crippen molar-refractivity contribution in [3.05, 3.63) is 255 Å². The summed E-state index contributed by atoms with van der Waals surface area (Å²) < 4.78 is 2.40. The summed E-state index contributed by atoms with van der Waals surface area (Å²) in [6, 6.07) is 92.7. The van der Waals surface area contributed by atoms with E-state index in [1.807, 2.05) is 0 Å². The van der Waals surface area contributed by atoms with Crippen LogP contribution in [0, 0.1) is 0 Å². The van der Waals surface area contributed by atoms with Crippen molar-refractivity contribution in [1.82, 2.24) is 4.57 Å². The molecule has 0 atom stereocenters. The van der Waals surface area contributed by atoms with Crippen molar-refractivity contribution in [2.45, 2.75) is 0 Å². The molecule has 300 valence electrons. The van der Waals surface area contributed by atoms with Crippen molar-refractivity contribution in [3.63, 3.8) is 0 Å². The summed E-state index contributed by atoms with van der Waals surface area (Å²) in [5.74, 6) is 0. The highest BCUT2D eigenvalue weighted by atomic mass is 15.1. The minimum atomic E-state index is 1.08. The van der Waals surface area contributed by atoms with Gasteiger partial charge in [0.15, 0.2) is 0 Å². The molecule has 64 heavy (non-hydrogen) atoms. The lowest BCUT2D eigenvalue weighted by molar-refractivity contribution is 1.18. The Morgan fingerprint density at radius 3 is 1.47 bits per heavy atom. The molecule has 0 amide bonds. The Kier molecular flexibility index (Phi) is 9.20. The standard InChI is InChI=1S/C62H42N2/c1-2-15-43(16-3-1)44-29-31-47(32-30-44)55-21-6-10-25-59(55)63(51-38-35-45(36-39-51)48-37-40-54-50(41-48)34-33-46-17-4-5-20-53(46)54)60-26-11-7-22-56(60)49-18-14-19-52(42-49)64-61-27-12-8-23-57(61)58-24-9-13-28-62(58)64/h1-42H. The van der Waals surface area contributed by atoms with E-state index in [0.29, 0.717) is 0 Å². The minimum absolute atomic E-state index is 1.08. The Morgan fingerprint density at radius 2 is 0.750 bits per heavy atom. The average molecular weight is 815 g/mol. The van der Waals surface area contributed by atoms with Gasteiger partial charge in [-0.2, -0.15) is 0 Å². The Hall–Kier alpha value is -8.46. The van der Waals surface area contributed by atoms with Crippen molar-refractivity contribution >= 4 is 60.4 Å². The molecule has 0 radical (unpaired) electrons. The number of anilines is 3. The van der Waals surface area contributed by atoms with E-state index in [-0.39, 0.29) is 0 Å². The van der Waals surface area contributed by atoms with E-state index in [1.165, 1.54) is 65.6 Å². The second kappa shape index (κ2) is 15.8. The number of hydrogen-bond acceptors (Lipinski definition) is 1. The SMILES string of the molecule is c1ccc(-c2ccc(-c3ccccc3N(c3ccc(-c4ccc5c(ccc6ccccc65)c4)cc3)c3ccccc3-c3cccc(-n4c5ccccc5c5ccccc54)c3)cc2)cc1. The number of nitrogens with zero attached hydrogens (tertiary/aromatic N) is 2. The zero-order valence-corrected chi connectivity index (χ0v) is 35.1. The maximum atomic E-state index is 2.44. The summed E-state index contributed by atoms with van der Waals surface area (Å²) in [4.78, 5) is 2.44. The lowest BCUT2D eigenvalue weighted by Crippen LogP contribution is -2.12. The molecule has 0 aliphatic carbocycles. The lowest BCUT2D eigenvalue weighted by Gasteiger charge is -2.30. The van der Waals surface area contributed by atoms with Crippen molar-refractivity contribution in [3.8, 4) is 50.2 Å². The van der Waals surface area contributed by atoms with E-state index >= 15 is 0 Å². The monoisotopic (exact) mass is 814 g/mol. The molecule has 0 saturated carbocycles. The van der Waals surface area contributed by atoms with Gasteiger partial charge in [0.25, 0.3) is 0 Å². The van der Waals surface area contributed by atoms with Crippen LogP contribution in [0.3, 0.4) is 0 Å². The highest BCUT2D eigenvalue weighted by molar-refractivity contribution is 6.10. The Morgan fingerprint density at radius 1 is 0.266 bits per heavy atom. The van der Waals surface area contributed by atoms with Crippen LogP contribution in [-0.2, 0) is 0 Å². The van der Waals surface area contributed by atoms with E-state index < -0.39 is 0 Å². The first kappa shape index (κ1) is 37.3. The maximum absolute atomic E-state index is 2.44. The van der Waals surface area contributed by atoms with Gasteiger partial charge in [-0.05, 0) is 110 Å². The Bertz CT molecular complexity index is 3600. The third-order valence-corrected chi connectivity index (χ3v) is 12.8. The van der Waals surface area contributed by atoms with Crippen LogP contribution >= 0.6 is 0 Å². The third kappa shape index (κ3) is 6.52. The Labute approximate surface area is 373 Å². The maximum Gasteiger partial charge on any atom is 0.0541 e. The molecule has 11 aromatic carbocycles. The normalized spacial score (nSPS) is 11.4. The fraction of sp³-hybridized carbons (Fsp3) is 0. The number of fused-ring (bicyclic) bond motifs is 6. The Balaban J connectivity index is 1.00. The summed E-state index contributed by atoms with van der Waals surface area (Å²) in [5.41, 5.74) is 16.2. The minimum Gasteiger partial charge on any atom is -0.309 e. The number of para-hydroxylation sites is 4. The summed E-state index contributed by atoms with van der Waals surface area (Å²) in [5, 5.41) is 7.57. The molecule has 0 saturated heterocycles. The van der Waals surface area contributed by atoms with E-state index in [1.54, 1.807) is 0 Å². The summed E-state index contributed by atoms with van der Waals surface area (Å²) in [7, 11) is 0. The molecule has 2 heteroatoms. The predicted octanol–water partition coefficient (Wildman–Crippen LogP) is 17.2. The smallest absolute Gasteiger partial charge is 0.0541 e. The highest BCUT2D eigenvalue weighted by Gasteiger charge is 2.21. The summed E-state index contributed by atoms with van der Waals surface area (Å²) in [6.07, 6.45) is 0. The van der Waals surface area contributed by atoms with Gasteiger partial charge >= 0.3 is 0 Å². The molecule has 0 aliphatic rings. The van der Waals surface area contributed by atoms with Gasteiger partial charge in [-0.1, -0.05) is 200 Å². The number of aromatic nitrogens is 1. The van der Waals surface area contributed by atoms with E-state index in [2.05, 4.69) is 264 Å². The topological polar surface area (TPSA) is 8.17 Å². The predicted molar refractivity (Wildman–Crippen MR) is 272 cm³/mol. The molecule has 0 bridgehead atoms. The molecule has 0 aliphatic heterocycles. The van der Waals surface area contributed by atoms with E-state index in [9.17, 15) is 0 Å². The van der Waals surface area contributed by atoms with Crippen molar-refractivity contribution in [2.75, 3.05) is 4.90 Å². The van der Waals surface area contributed by atoms with Crippen LogP contribution in [0.25, 0.3) is 93.5 Å². The van der Waals surface area contributed by atoms with Crippen LogP contribution in [0.15, 0.2) is 255 Å². The fourth-order valence-corrected chi connectivity index (χ4v) is 9.72. The van der Waals surface area contributed by atoms with Gasteiger partial charge in [0.05, 0.1) is 22.4 Å². The van der Waals surface area contributed by atoms with E-state index in [0.717, 1.165) is 45.0 Å². The fourth-order valence-electron chi connectivity index (χ4n) is 9.72. The quantitative estimate of drug-likeness (QED) is 0.139. The number of benzene rings is 11. The van der Waals surface area contributed by atoms with Gasteiger partial charge in [-0.15, -0.1) is 0 Å². The zero-order chi connectivity index (χ0) is 42.4. The van der Waals surface area contributed by atoms with Gasteiger partial charge in [-0.3, -0.25) is 0 Å². The van der Waals surface area contributed by atoms with Gasteiger partial charge in [-0.25, -0.2) is 0 Å². The average Bonchev–Trinajstić information content (AvgIpc) is 3.71.